The van der Waals surface area contributed by atoms with Gasteiger partial charge in [0.1, 0.15) is 17.1 Å². The number of benzene rings is 2. The molecular weight excluding hydrogens is 296 g/mol. The van der Waals surface area contributed by atoms with Gasteiger partial charge in [-0.3, -0.25) is 0 Å². The quantitative estimate of drug-likeness (QED) is 0.803. The van der Waals surface area contributed by atoms with Gasteiger partial charge < -0.3 is 9.47 Å². The maximum atomic E-state index is 11.6. The number of rotatable bonds is 3. The minimum atomic E-state index is -0.414. The lowest BCUT2D eigenvalue weighted by Crippen LogP contribution is -2.03. The van der Waals surface area contributed by atoms with Crippen molar-refractivity contribution in [3.05, 3.63) is 58.6 Å². The van der Waals surface area contributed by atoms with Crippen LogP contribution in [0.1, 0.15) is 10.4 Å². The molecule has 0 fully saturated rings. The number of esters is 1. The van der Waals surface area contributed by atoms with Crippen molar-refractivity contribution in [3.8, 4) is 11.5 Å². The average Bonchev–Trinajstić information content (AvgIpc) is 2.41. The molecule has 0 aliphatic rings. The minimum Gasteiger partial charge on any atom is -0.465 e. The van der Waals surface area contributed by atoms with Crippen molar-refractivity contribution in [3.63, 3.8) is 0 Å². The minimum absolute atomic E-state index is 0.405. The summed E-state index contributed by atoms with van der Waals surface area (Å²) >= 11 is 3.35. The van der Waals surface area contributed by atoms with Crippen molar-refractivity contribution < 1.29 is 14.3 Å². The highest BCUT2D eigenvalue weighted by atomic mass is 79.9. The first-order valence-corrected chi connectivity index (χ1v) is 6.11. The Bertz CT molecular complexity index is 549. The second-order valence-electron chi connectivity index (χ2n) is 3.54. The molecule has 4 heteroatoms. The van der Waals surface area contributed by atoms with E-state index in [-0.39, 0.29) is 0 Å². The van der Waals surface area contributed by atoms with Crippen LogP contribution in [0, 0.1) is 0 Å². The van der Waals surface area contributed by atoms with E-state index in [9.17, 15) is 4.79 Å². The molecule has 3 nitrogen and oxygen atoms in total. The van der Waals surface area contributed by atoms with Crippen LogP contribution in [-0.2, 0) is 4.74 Å². The van der Waals surface area contributed by atoms with E-state index in [1.54, 1.807) is 24.3 Å². The fraction of sp³-hybridized carbons (Fsp3) is 0.0714. The fourth-order valence-electron chi connectivity index (χ4n) is 1.46. The number of para-hydroxylation sites is 1. The van der Waals surface area contributed by atoms with E-state index >= 15 is 0 Å². The Morgan fingerprint density at radius 3 is 2.39 bits per heavy atom. The normalized spacial score (nSPS) is 9.89. The van der Waals surface area contributed by atoms with Crippen molar-refractivity contribution in [1.82, 2.24) is 0 Å². The van der Waals surface area contributed by atoms with Gasteiger partial charge in [0.05, 0.1) is 7.11 Å². The average molecular weight is 307 g/mol. The second-order valence-corrected chi connectivity index (χ2v) is 4.46. The number of carbonyl (C=O) groups is 1. The lowest BCUT2D eigenvalue weighted by Gasteiger charge is -2.09. The summed E-state index contributed by atoms with van der Waals surface area (Å²) in [5.41, 5.74) is 0.405. The summed E-state index contributed by atoms with van der Waals surface area (Å²) in [7, 11) is 1.35. The van der Waals surface area contributed by atoms with E-state index < -0.39 is 5.97 Å². The summed E-state index contributed by atoms with van der Waals surface area (Å²) < 4.78 is 11.3. The van der Waals surface area contributed by atoms with Crippen LogP contribution >= 0.6 is 15.9 Å². The molecule has 0 radical (unpaired) electrons. The summed E-state index contributed by atoms with van der Waals surface area (Å²) in [6.07, 6.45) is 0. The van der Waals surface area contributed by atoms with E-state index in [2.05, 4.69) is 15.9 Å². The molecule has 0 saturated carbocycles. The van der Waals surface area contributed by atoms with Crippen LogP contribution in [0.5, 0.6) is 11.5 Å². The van der Waals surface area contributed by atoms with Crippen LogP contribution in [0.25, 0.3) is 0 Å². The molecule has 92 valence electrons. The predicted octanol–water partition coefficient (Wildman–Crippen LogP) is 4.03. The Hall–Kier alpha value is -1.81. The van der Waals surface area contributed by atoms with Crippen molar-refractivity contribution in [2.24, 2.45) is 0 Å². The topological polar surface area (TPSA) is 35.5 Å². The van der Waals surface area contributed by atoms with Crippen LogP contribution in [0.2, 0.25) is 0 Å². The summed E-state index contributed by atoms with van der Waals surface area (Å²) in [6.45, 7) is 0. The van der Waals surface area contributed by atoms with Crippen LogP contribution < -0.4 is 4.74 Å². The summed E-state index contributed by atoms with van der Waals surface area (Å²) in [5.74, 6) is 0.726. The highest BCUT2D eigenvalue weighted by Crippen LogP contribution is 2.26. The third-order valence-electron chi connectivity index (χ3n) is 2.33. The Morgan fingerprint density at radius 2 is 1.72 bits per heavy atom. The Kier molecular flexibility index (Phi) is 3.99. The van der Waals surface area contributed by atoms with Crippen LogP contribution in [0.4, 0.5) is 0 Å². The zero-order valence-electron chi connectivity index (χ0n) is 9.72. The van der Waals surface area contributed by atoms with Gasteiger partial charge in [0.15, 0.2) is 0 Å². The maximum Gasteiger partial charge on any atom is 0.341 e. The first-order valence-electron chi connectivity index (χ1n) is 5.31. The number of halogens is 1. The van der Waals surface area contributed by atoms with E-state index in [4.69, 9.17) is 9.47 Å². The molecule has 0 aromatic heterocycles. The van der Waals surface area contributed by atoms with Crippen molar-refractivity contribution >= 4 is 21.9 Å². The standard InChI is InChI=1S/C14H11BrO3/c1-17-14(16)12-4-2-3-5-13(12)18-11-8-6-10(15)7-9-11/h2-9H,1H3. The molecule has 0 N–H and O–H groups in total. The van der Waals surface area contributed by atoms with Gasteiger partial charge >= 0.3 is 5.97 Å². The van der Waals surface area contributed by atoms with Gasteiger partial charge in [-0.05, 0) is 36.4 Å². The Labute approximate surface area is 113 Å². The van der Waals surface area contributed by atoms with Gasteiger partial charge in [-0.2, -0.15) is 0 Å². The molecule has 0 bridgehead atoms. The molecule has 0 aliphatic carbocycles. The Balaban J connectivity index is 2.28. The lowest BCUT2D eigenvalue weighted by atomic mass is 10.2. The Morgan fingerprint density at radius 1 is 1.06 bits per heavy atom. The molecule has 2 rings (SSSR count). The number of methoxy groups -OCH3 is 1. The summed E-state index contributed by atoms with van der Waals surface area (Å²) in [6, 6.07) is 14.3. The van der Waals surface area contributed by atoms with Gasteiger partial charge in [-0.15, -0.1) is 0 Å². The van der Waals surface area contributed by atoms with Gasteiger partial charge in [0, 0.05) is 4.47 Å². The molecule has 2 aromatic rings. The first kappa shape index (κ1) is 12.6. The molecule has 0 unspecified atom stereocenters. The first-order chi connectivity index (χ1) is 8.70. The molecule has 0 amide bonds. The summed E-state index contributed by atoms with van der Waals surface area (Å²) in [4.78, 5) is 11.6. The van der Waals surface area contributed by atoms with Crippen LogP contribution in [0.3, 0.4) is 0 Å². The van der Waals surface area contributed by atoms with Gasteiger partial charge in [-0.25, -0.2) is 4.79 Å². The molecule has 0 spiro atoms. The zero-order valence-corrected chi connectivity index (χ0v) is 11.3. The second kappa shape index (κ2) is 5.69. The van der Waals surface area contributed by atoms with Gasteiger partial charge in [-0.1, -0.05) is 28.1 Å². The molecule has 0 atom stereocenters. The molecule has 0 heterocycles. The zero-order chi connectivity index (χ0) is 13.0. The lowest BCUT2D eigenvalue weighted by molar-refractivity contribution is 0.0598. The maximum absolute atomic E-state index is 11.6. The molecule has 0 saturated heterocycles. The smallest absolute Gasteiger partial charge is 0.341 e. The third-order valence-corrected chi connectivity index (χ3v) is 2.86. The SMILES string of the molecule is COC(=O)c1ccccc1Oc1ccc(Br)cc1. The number of hydrogen-bond donors (Lipinski definition) is 0. The van der Waals surface area contributed by atoms with Crippen molar-refractivity contribution in [1.29, 1.82) is 0 Å². The van der Waals surface area contributed by atoms with E-state index in [1.165, 1.54) is 7.11 Å². The molecule has 2 aromatic carbocycles. The number of ether oxygens (including phenoxy) is 2. The highest BCUT2D eigenvalue weighted by Gasteiger charge is 2.12. The van der Waals surface area contributed by atoms with Gasteiger partial charge in [0.25, 0.3) is 0 Å². The highest BCUT2D eigenvalue weighted by molar-refractivity contribution is 9.10. The van der Waals surface area contributed by atoms with Crippen LogP contribution in [-0.4, -0.2) is 13.1 Å². The molecule has 0 aliphatic heterocycles. The number of hydrogen-bond acceptors (Lipinski definition) is 3. The third kappa shape index (κ3) is 2.90. The van der Waals surface area contributed by atoms with E-state index in [1.807, 2.05) is 24.3 Å². The van der Waals surface area contributed by atoms with Crippen LogP contribution in [0.15, 0.2) is 53.0 Å². The largest absolute Gasteiger partial charge is 0.465 e. The molecule has 18 heavy (non-hydrogen) atoms. The van der Waals surface area contributed by atoms with E-state index in [0.29, 0.717) is 17.1 Å². The predicted molar refractivity (Wildman–Crippen MR) is 72.0 cm³/mol. The number of carbonyl (C=O) groups excluding carboxylic acids is 1. The summed E-state index contributed by atoms with van der Waals surface area (Å²) in [5, 5.41) is 0. The van der Waals surface area contributed by atoms with E-state index in [0.717, 1.165) is 4.47 Å². The van der Waals surface area contributed by atoms with Gasteiger partial charge in [0.2, 0.25) is 0 Å². The van der Waals surface area contributed by atoms with Crippen molar-refractivity contribution in [2.75, 3.05) is 7.11 Å². The molecular formula is C14H11BrO3. The monoisotopic (exact) mass is 306 g/mol. The van der Waals surface area contributed by atoms with Crippen molar-refractivity contribution in [2.45, 2.75) is 0 Å². The fourth-order valence-corrected chi connectivity index (χ4v) is 1.73.